The van der Waals surface area contributed by atoms with Gasteiger partial charge in [0.25, 0.3) is 0 Å². The summed E-state index contributed by atoms with van der Waals surface area (Å²) in [6.45, 7) is 5.98. The molecule has 1 amide bonds. The van der Waals surface area contributed by atoms with E-state index in [1.165, 1.54) is 28.0 Å². The standard InChI is InChI=1S/C17H21N3O2S/c1-3-13-5-4-6-14-9-20(8-7-15(13)14)17(21)11-22-10-16-19-18-12(2)23-16/h4-6H,3,7-11H2,1-2H3. The zero-order valence-corrected chi connectivity index (χ0v) is 14.4. The van der Waals surface area contributed by atoms with Gasteiger partial charge in [-0.25, -0.2) is 0 Å². The second kappa shape index (κ2) is 7.19. The molecule has 1 aliphatic heterocycles. The van der Waals surface area contributed by atoms with Gasteiger partial charge >= 0.3 is 0 Å². The molecular formula is C17H21N3O2S. The maximum Gasteiger partial charge on any atom is 0.248 e. The van der Waals surface area contributed by atoms with E-state index in [0.717, 1.165) is 29.4 Å². The number of benzene rings is 1. The number of rotatable bonds is 5. The number of fused-ring (bicyclic) bond motifs is 1. The highest BCUT2D eigenvalue weighted by molar-refractivity contribution is 7.11. The first-order chi connectivity index (χ1) is 11.2. The molecule has 0 N–H and O–H groups in total. The van der Waals surface area contributed by atoms with Gasteiger partial charge in [-0.15, -0.1) is 10.2 Å². The Kier molecular flexibility index (Phi) is 5.03. The van der Waals surface area contributed by atoms with Gasteiger partial charge in [0.2, 0.25) is 5.91 Å². The van der Waals surface area contributed by atoms with Crippen LogP contribution in [-0.4, -0.2) is 34.2 Å². The number of hydrogen-bond donors (Lipinski definition) is 0. The molecule has 0 spiro atoms. The molecule has 0 saturated heterocycles. The zero-order valence-electron chi connectivity index (χ0n) is 13.5. The average molecular weight is 331 g/mol. The van der Waals surface area contributed by atoms with Crippen LogP contribution in [0, 0.1) is 6.92 Å². The maximum absolute atomic E-state index is 12.3. The van der Waals surface area contributed by atoms with Crippen LogP contribution in [0.2, 0.25) is 0 Å². The molecule has 2 aromatic rings. The van der Waals surface area contributed by atoms with Crippen LogP contribution in [0.3, 0.4) is 0 Å². The number of hydrogen-bond acceptors (Lipinski definition) is 5. The SMILES string of the molecule is CCc1cccc2c1CCN(C(=O)COCc1nnc(C)s1)C2. The highest BCUT2D eigenvalue weighted by Gasteiger charge is 2.22. The van der Waals surface area contributed by atoms with Crippen LogP contribution in [0.25, 0.3) is 0 Å². The summed E-state index contributed by atoms with van der Waals surface area (Å²) in [5, 5.41) is 9.65. The molecule has 0 fully saturated rings. The first kappa shape index (κ1) is 16.1. The fraction of sp³-hybridized carbons (Fsp3) is 0.471. The van der Waals surface area contributed by atoms with Gasteiger partial charge in [0.05, 0.1) is 0 Å². The highest BCUT2D eigenvalue weighted by Crippen LogP contribution is 2.23. The van der Waals surface area contributed by atoms with Crippen molar-refractivity contribution in [2.24, 2.45) is 0 Å². The predicted molar refractivity (Wildman–Crippen MR) is 89.2 cm³/mol. The minimum atomic E-state index is 0.0405. The molecule has 2 heterocycles. The molecule has 0 bridgehead atoms. The predicted octanol–water partition coefficient (Wildman–Crippen LogP) is 2.51. The lowest BCUT2D eigenvalue weighted by molar-refractivity contribution is -0.137. The molecular weight excluding hydrogens is 310 g/mol. The summed E-state index contributed by atoms with van der Waals surface area (Å²) in [5.41, 5.74) is 4.09. The third-order valence-electron chi connectivity index (χ3n) is 4.12. The number of aromatic nitrogens is 2. The van der Waals surface area contributed by atoms with Crippen LogP contribution in [0.4, 0.5) is 0 Å². The topological polar surface area (TPSA) is 55.3 Å². The van der Waals surface area contributed by atoms with E-state index in [1.807, 2.05) is 11.8 Å². The molecule has 0 aliphatic carbocycles. The largest absolute Gasteiger partial charge is 0.364 e. The van der Waals surface area contributed by atoms with Crippen molar-refractivity contribution in [3.63, 3.8) is 0 Å². The zero-order chi connectivity index (χ0) is 16.2. The number of nitrogens with zero attached hydrogens (tertiary/aromatic N) is 3. The molecule has 6 heteroatoms. The van der Waals surface area contributed by atoms with Gasteiger partial charge in [-0.05, 0) is 36.5 Å². The van der Waals surface area contributed by atoms with E-state index >= 15 is 0 Å². The summed E-state index contributed by atoms with van der Waals surface area (Å²) in [6, 6.07) is 6.39. The number of aryl methyl sites for hydroxylation is 2. The summed E-state index contributed by atoms with van der Waals surface area (Å²) in [4.78, 5) is 14.2. The maximum atomic E-state index is 12.3. The lowest BCUT2D eigenvalue weighted by atomic mass is 9.93. The third kappa shape index (κ3) is 3.76. The van der Waals surface area contributed by atoms with E-state index < -0.39 is 0 Å². The lowest BCUT2D eigenvalue weighted by Crippen LogP contribution is -2.38. The summed E-state index contributed by atoms with van der Waals surface area (Å²) in [7, 11) is 0. The molecule has 0 saturated carbocycles. The Labute approximate surface area is 140 Å². The molecule has 5 nitrogen and oxygen atoms in total. The number of ether oxygens (including phenoxy) is 1. The van der Waals surface area contributed by atoms with Gasteiger partial charge in [-0.2, -0.15) is 0 Å². The number of carbonyl (C=O) groups is 1. The fourth-order valence-electron chi connectivity index (χ4n) is 2.95. The summed E-state index contributed by atoms with van der Waals surface area (Å²) >= 11 is 1.50. The van der Waals surface area contributed by atoms with Crippen LogP contribution in [-0.2, 0) is 35.5 Å². The lowest BCUT2D eigenvalue weighted by Gasteiger charge is -2.30. The van der Waals surface area contributed by atoms with Gasteiger partial charge in [-0.3, -0.25) is 4.79 Å². The van der Waals surface area contributed by atoms with Gasteiger partial charge in [0.15, 0.2) is 0 Å². The summed E-state index contributed by atoms with van der Waals surface area (Å²) in [6.07, 6.45) is 1.97. The van der Waals surface area contributed by atoms with Crippen molar-refractivity contribution in [3.8, 4) is 0 Å². The molecule has 0 atom stereocenters. The molecule has 1 aliphatic rings. The van der Waals surface area contributed by atoms with Crippen molar-refractivity contribution in [2.75, 3.05) is 13.2 Å². The molecule has 0 radical (unpaired) electrons. The Morgan fingerprint density at radius 2 is 2.26 bits per heavy atom. The molecule has 1 aromatic heterocycles. The minimum Gasteiger partial charge on any atom is -0.364 e. The summed E-state index contributed by atoms with van der Waals surface area (Å²) in [5.74, 6) is 0.0405. The molecule has 0 unspecified atom stereocenters. The Morgan fingerprint density at radius 3 is 3.00 bits per heavy atom. The smallest absolute Gasteiger partial charge is 0.248 e. The van der Waals surface area contributed by atoms with Crippen LogP contribution in [0.5, 0.6) is 0 Å². The second-order valence-electron chi connectivity index (χ2n) is 5.68. The van der Waals surface area contributed by atoms with Crippen LogP contribution >= 0.6 is 11.3 Å². The van der Waals surface area contributed by atoms with E-state index in [0.29, 0.717) is 13.2 Å². The fourth-order valence-corrected chi connectivity index (χ4v) is 3.59. The molecule has 23 heavy (non-hydrogen) atoms. The monoisotopic (exact) mass is 331 g/mol. The molecule has 1 aromatic carbocycles. The Morgan fingerprint density at radius 1 is 1.39 bits per heavy atom. The van der Waals surface area contributed by atoms with Crippen LogP contribution in [0.15, 0.2) is 18.2 Å². The molecule has 122 valence electrons. The van der Waals surface area contributed by atoms with Crippen molar-refractivity contribution in [1.82, 2.24) is 15.1 Å². The van der Waals surface area contributed by atoms with E-state index in [-0.39, 0.29) is 12.5 Å². The van der Waals surface area contributed by atoms with Crippen molar-refractivity contribution in [3.05, 3.63) is 44.9 Å². The van der Waals surface area contributed by atoms with Gasteiger partial charge < -0.3 is 9.64 Å². The Bertz CT molecular complexity index is 699. The Hall–Kier alpha value is -1.79. The van der Waals surface area contributed by atoms with E-state index in [1.54, 1.807) is 0 Å². The van der Waals surface area contributed by atoms with Gasteiger partial charge in [0.1, 0.15) is 23.2 Å². The minimum absolute atomic E-state index is 0.0405. The average Bonchev–Trinajstić information content (AvgIpc) is 2.99. The number of carbonyl (C=O) groups excluding carboxylic acids is 1. The van der Waals surface area contributed by atoms with E-state index in [4.69, 9.17) is 4.74 Å². The van der Waals surface area contributed by atoms with Crippen molar-refractivity contribution in [1.29, 1.82) is 0 Å². The van der Waals surface area contributed by atoms with Crippen molar-refractivity contribution < 1.29 is 9.53 Å². The first-order valence-corrected chi connectivity index (χ1v) is 8.73. The van der Waals surface area contributed by atoms with Crippen molar-refractivity contribution >= 4 is 17.2 Å². The highest BCUT2D eigenvalue weighted by atomic mass is 32.1. The summed E-state index contributed by atoms with van der Waals surface area (Å²) < 4.78 is 5.50. The van der Waals surface area contributed by atoms with Gasteiger partial charge in [0, 0.05) is 13.1 Å². The third-order valence-corrected chi connectivity index (χ3v) is 4.93. The second-order valence-corrected chi connectivity index (χ2v) is 6.95. The van der Waals surface area contributed by atoms with Crippen LogP contribution in [0.1, 0.15) is 33.6 Å². The number of amides is 1. The first-order valence-electron chi connectivity index (χ1n) is 7.91. The quantitative estimate of drug-likeness (QED) is 0.845. The molecule has 3 rings (SSSR count). The Balaban J connectivity index is 1.54. The van der Waals surface area contributed by atoms with E-state index in [9.17, 15) is 4.79 Å². The van der Waals surface area contributed by atoms with Gasteiger partial charge in [-0.1, -0.05) is 36.5 Å². The normalized spacial score (nSPS) is 13.9. The van der Waals surface area contributed by atoms with Crippen LogP contribution < -0.4 is 0 Å². The van der Waals surface area contributed by atoms with Crippen molar-refractivity contribution in [2.45, 2.75) is 39.8 Å². The van der Waals surface area contributed by atoms with E-state index in [2.05, 4.69) is 35.3 Å².